The van der Waals surface area contributed by atoms with Gasteiger partial charge in [0, 0.05) is 30.6 Å². The number of unbranched alkanes of at least 4 members (excludes halogenated alkanes) is 1. The molecule has 0 spiro atoms. The molecule has 1 aliphatic rings. The van der Waals surface area contributed by atoms with Gasteiger partial charge in [-0.2, -0.15) is 11.8 Å². The monoisotopic (exact) mass is 260 g/mol. The van der Waals surface area contributed by atoms with E-state index in [9.17, 15) is 0 Å². The van der Waals surface area contributed by atoms with E-state index in [1.165, 1.54) is 24.6 Å². The Morgan fingerprint density at radius 1 is 1.18 bits per heavy atom. The van der Waals surface area contributed by atoms with Crippen molar-refractivity contribution in [3.63, 3.8) is 0 Å². The number of thioether (sulfide) groups is 1. The van der Waals surface area contributed by atoms with Crippen LogP contribution in [0, 0.1) is 0 Å². The van der Waals surface area contributed by atoms with Gasteiger partial charge in [-0.05, 0) is 25.7 Å². The summed E-state index contributed by atoms with van der Waals surface area (Å²) in [6.45, 7) is 3.52. The summed E-state index contributed by atoms with van der Waals surface area (Å²) in [7, 11) is -1.16. The number of nitrogens with zero attached hydrogens (tertiary/aromatic N) is 1. The van der Waals surface area contributed by atoms with E-state index in [0.717, 1.165) is 32.2 Å². The van der Waals surface area contributed by atoms with E-state index < -0.39 is 7.12 Å². The molecule has 1 rings (SSSR count). The van der Waals surface area contributed by atoms with E-state index in [2.05, 4.69) is 4.90 Å². The Bertz CT molecular complexity index is 192. The molecule has 0 aromatic rings. The fraction of sp³-hybridized carbons (Fsp3) is 1.00. The highest BCUT2D eigenvalue weighted by atomic mass is 32.2. The molecule has 0 aromatic carbocycles. The molecule has 1 heterocycles. The topological polar surface area (TPSA) is 69.7 Å². The Morgan fingerprint density at radius 2 is 1.88 bits per heavy atom. The summed E-state index contributed by atoms with van der Waals surface area (Å²) in [5.74, 6) is 2.51. The molecule has 1 atom stereocenters. The fourth-order valence-electron chi connectivity index (χ4n) is 2.05. The SMILES string of the molecule is N[C@@H](CCCCB(O)O)CCN1CCSCC1. The maximum absolute atomic E-state index is 8.71. The zero-order chi connectivity index (χ0) is 12.5. The zero-order valence-corrected chi connectivity index (χ0v) is 11.4. The van der Waals surface area contributed by atoms with Gasteiger partial charge in [0.15, 0.2) is 0 Å². The molecule has 0 amide bonds. The Morgan fingerprint density at radius 3 is 2.53 bits per heavy atom. The van der Waals surface area contributed by atoms with Gasteiger partial charge in [0.1, 0.15) is 0 Å². The Kier molecular flexibility index (Phi) is 8.31. The summed E-state index contributed by atoms with van der Waals surface area (Å²) in [5.41, 5.74) is 6.05. The average Bonchev–Trinajstić information content (AvgIpc) is 2.33. The Hall–Kier alpha value is 0.255. The molecule has 0 unspecified atom stereocenters. The number of rotatable bonds is 8. The van der Waals surface area contributed by atoms with Crippen LogP contribution in [0.25, 0.3) is 0 Å². The second-order valence-electron chi connectivity index (χ2n) is 4.77. The zero-order valence-electron chi connectivity index (χ0n) is 10.6. The van der Waals surface area contributed by atoms with Crippen molar-refractivity contribution in [3.05, 3.63) is 0 Å². The Balaban J connectivity index is 1.94. The fourth-order valence-corrected chi connectivity index (χ4v) is 3.03. The molecule has 1 fully saturated rings. The number of nitrogens with two attached hydrogens (primary N) is 1. The minimum atomic E-state index is -1.16. The third-order valence-electron chi connectivity index (χ3n) is 3.21. The first-order valence-electron chi connectivity index (χ1n) is 6.60. The molecule has 0 radical (unpaired) electrons. The predicted octanol–water partition coefficient (Wildman–Crippen LogP) is 0.396. The first-order chi connectivity index (χ1) is 8.18. The second-order valence-corrected chi connectivity index (χ2v) is 5.99. The second kappa shape index (κ2) is 9.22. The van der Waals surface area contributed by atoms with Gasteiger partial charge in [0.05, 0.1) is 0 Å². The molecular formula is C11H25BN2O2S. The third kappa shape index (κ3) is 8.05. The van der Waals surface area contributed by atoms with Crippen molar-refractivity contribution in [1.82, 2.24) is 4.90 Å². The average molecular weight is 260 g/mol. The molecule has 100 valence electrons. The van der Waals surface area contributed by atoms with Gasteiger partial charge in [-0.3, -0.25) is 0 Å². The molecule has 17 heavy (non-hydrogen) atoms. The van der Waals surface area contributed by atoms with Crippen LogP contribution >= 0.6 is 11.8 Å². The maximum atomic E-state index is 8.71. The van der Waals surface area contributed by atoms with Crippen LogP contribution in [0.4, 0.5) is 0 Å². The van der Waals surface area contributed by atoms with Crippen LogP contribution in [0.3, 0.4) is 0 Å². The van der Waals surface area contributed by atoms with Crippen LogP contribution in [0.15, 0.2) is 0 Å². The molecule has 4 N–H and O–H groups in total. The highest BCUT2D eigenvalue weighted by Crippen LogP contribution is 2.11. The minimum Gasteiger partial charge on any atom is -0.427 e. The minimum absolute atomic E-state index is 0.264. The molecule has 0 aromatic heterocycles. The lowest BCUT2D eigenvalue weighted by Crippen LogP contribution is -2.36. The van der Waals surface area contributed by atoms with Crippen LogP contribution in [0.5, 0.6) is 0 Å². The van der Waals surface area contributed by atoms with Crippen molar-refractivity contribution < 1.29 is 10.0 Å². The van der Waals surface area contributed by atoms with E-state index in [1.54, 1.807) is 0 Å². The van der Waals surface area contributed by atoms with E-state index in [-0.39, 0.29) is 6.04 Å². The van der Waals surface area contributed by atoms with Crippen LogP contribution in [0.1, 0.15) is 25.7 Å². The smallest absolute Gasteiger partial charge is 0.427 e. The van der Waals surface area contributed by atoms with Gasteiger partial charge in [-0.15, -0.1) is 0 Å². The van der Waals surface area contributed by atoms with Crippen molar-refractivity contribution in [3.8, 4) is 0 Å². The first-order valence-corrected chi connectivity index (χ1v) is 7.76. The lowest BCUT2D eigenvalue weighted by atomic mass is 9.83. The standard InChI is InChI=1S/C11H25BN2O2S/c13-11(3-1-2-5-12(15)16)4-6-14-7-9-17-10-8-14/h11,15-16H,1-10,13H2/t11-/m0/s1. The number of hydrogen-bond donors (Lipinski definition) is 3. The van der Waals surface area contributed by atoms with Crippen LogP contribution in [-0.4, -0.2) is 59.2 Å². The molecule has 1 saturated heterocycles. The normalized spacial score (nSPS) is 19.2. The largest absolute Gasteiger partial charge is 0.451 e. The molecule has 6 heteroatoms. The molecule has 0 aliphatic carbocycles. The summed E-state index contributed by atoms with van der Waals surface area (Å²) < 4.78 is 0. The summed E-state index contributed by atoms with van der Waals surface area (Å²) in [6.07, 6.45) is 4.37. The number of hydrogen-bond acceptors (Lipinski definition) is 5. The van der Waals surface area contributed by atoms with Crippen molar-refractivity contribution >= 4 is 18.9 Å². The molecule has 4 nitrogen and oxygen atoms in total. The maximum Gasteiger partial charge on any atom is 0.451 e. The first kappa shape index (κ1) is 15.3. The van der Waals surface area contributed by atoms with Crippen LogP contribution in [0.2, 0.25) is 6.32 Å². The van der Waals surface area contributed by atoms with E-state index >= 15 is 0 Å². The van der Waals surface area contributed by atoms with E-state index in [4.69, 9.17) is 15.8 Å². The summed E-state index contributed by atoms with van der Waals surface area (Å²) in [5, 5.41) is 17.4. The van der Waals surface area contributed by atoms with Gasteiger partial charge in [-0.25, -0.2) is 0 Å². The summed E-state index contributed by atoms with van der Waals surface area (Å²) in [6, 6.07) is 0.264. The van der Waals surface area contributed by atoms with Gasteiger partial charge >= 0.3 is 7.12 Å². The van der Waals surface area contributed by atoms with Gasteiger partial charge in [0.2, 0.25) is 0 Å². The molecule has 1 aliphatic heterocycles. The Labute approximate surface area is 109 Å². The van der Waals surface area contributed by atoms with Crippen molar-refractivity contribution in [2.75, 3.05) is 31.1 Å². The van der Waals surface area contributed by atoms with Crippen molar-refractivity contribution in [1.29, 1.82) is 0 Å². The van der Waals surface area contributed by atoms with E-state index in [1.807, 2.05) is 11.8 Å². The van der Waals surface area contributed by atoms with Crippen LogP contribution in [-0.2, 0) is 0 Å². The predicted molar refractivity (Wildman–Crippen MR) is 75.2 cm³/mol. The van der Waals surface area contributed by atoms with Gasteiger partial charge in [0.25, 0.3) is 0 Å². The lowest BCUT2D eigenvalue weighted by Gasteiger charge is -2.27. The summed E-state index contributed by atoms with van der Waals surface area (Å²) >= 11 is 2.03. The quantitative estimate of drug-likeness (QED) is 0.435. The molecule has 0 saturated carbocycles. The third-order valence-corrected chi connectivity index (χ3v) is 4.15. The van der Waals surface area contributed by atoms with Crippen molar-refractivity contribution in [2.45, 2.75) is 38.0 Å². The highest BCUT2D eigenvalue weighted by Gasteiger charge is 2.12. The molecular weight excluding hydrogens is 235 g/mol. The highest BCUT2D eigenvalue weighted by molar-refractivity contribution is 7.99. The van der Waals surface area contributed by atoms with Crippen molar-refractivity contribution in [2.24, 2.45) is 5.73 Å². The van der Waals surface area contributed by atoms with Crippen LogP contribution < -0.4 is 5.73 Å². The summed E-state index contributed by atoms with van der Waals surface area (Å²) in [4.78, 5) is 2.49. The van der Waals surface area contributed by atoms with E-state index in [0.29, 0.717) is 6.32 Å². The van der Waals surface area contributed by atoms with Gasteiger partial charge in [-0.1, -0.05) is 12.8 Å². The molecule has 0 bridgehead atoms. The lowest BCUT2D eigenvalue weighted by molar-refractivity contribution is 0.286. The van der Waals surface area contributed by atoms with Gasteiger partial charge < -0.3 is 20.7 Å².